The molecule has 2 aromatic rings. The molecule has 0 saturated heterocycles. The summed E-state index contributed by atoms with van der Waals surface area (Å²) in [6, 6.07) is 3.77. The van der Waals surface area contributed by atoms with E-state index >= 15 is 0 Å². The highest BCUT2D eigenvalue weighted by Gasteiger charge is 2.34. The van der Waals surface area contributed by atoms with Gasteiger partial charge in [0, 0.05) is 5.39 Å². The van der Waals surface area contributed by atoms with Crippen LogP contribution >= 0.6 is 0 Å². The number of aromatic carboxylic acids is 1. The van der Waals surface area contributed by atoms with Crippen molar-refractivity contribution < 1.29 is 23.1 Å². The summed E-state index contributed by atoms with van der Waals surface area (Å²) in [5.74, 6) is -1.40. The van der Waals surface area contributed by atoms with Crippen LogP contribution in [0.3, 0.4) is 0 Å². The number of nitrogens with zero attached hydrogens (tertiary/aromatic N) is 1. The first-order valence-corrected chi connectivity index (χ1v) is 5.42. The van der Waals surface area contributed by atoms with Crippen molar-refractivity contribution in [1.82, 2.24) is 4.98 Å². The summed E-state index contributed by atoms with van der Waals surface area (Å²) in [6.07, 6.45) is -4.67. The lowest BCUT2D eigenvalue weighted by molar-refractivity contribution is -0.140. The first-order valence-electron chi connectivity index (χ1n) is 5.42. The second kappa shape index (κ2) is 4.22. The van der Waals surface area contributed by atoms with Crippen LogP contribution in [0.2, 0.25) is 0 Å². The molecule has 0 fully saturated rings. The quantitative estimate of drug-likeness (QED) is 0.861. The molecule has 0 aliphatic heterocycles. The van der Waals surface area contributed by atoms with Crippen molar-refractivity contribution >= 4 is 16.9 Å². The van der Waals surface area contributed by atoms with Gasteiger partial charge in [-0.05, 0) is 31.5 Å². The summed E-state index contributed by atoms with van der Waals surface area (Å²) >= 11 is 0. The van der Waals surface area contributed by atoms with Gasteiger partial charge in [0.25, 0.3) is 0 Å². The zero-order valence-electron chi connectivity index (χ0n) is 10.2. The molecule has 0 bridgehead atoms. The Morgan fingerprint density at radius 3 is 2.37 bits per heavy atom. The molecule has 0 unspecified atom stereocenters. The molecule has 1 N–H and O–H groups in total. The first-order chi connectivity index (χ1) is 8.70. The van der Waals surface area contributed by atoms with Gasteiger partial charge in [-0.1, -0.05) is 11.6 Å². The number of halogens is 3. The molecule has 0 saturated carbocycles. The number of carboxylic acids is 1. The van der Waals surface area contributed by atoms with Crippen molar-refractivity contribution in [2.75, 3.05) is 0 Å². The van der Waals surface area contributed by atoms with Crippen molar-refractivity contribution in [2.45, 2.75) is 20.0 Å². The van der Waals surface area contributed by atoms with E-state index in [0.29, 0.717) is 11.6 Å². The van der Waals surface area contributed by atoms with Gasteiger partial charge in [-0.3, -0.25) is 0 Å². The molecule has 1 heterocycles. The topological polar surface area (TPSA) is 50.2 Å². The van der Waals surface area contributed by atoms with E-state index in [1.165, 1.54) is 6.07 Å². The number of fused-ring (bicyclic) bond motifs is 1. The number of carbonyl (C=O) groups is 1. The summed E-state index contributed by atoms with van der Waals surface area (Å²) in [4.78, 5) is 14.7. The van der Waals surface area contributed by atoms with Crippen molar-refractivity contribution in [3.05, 3.63) is 40.6 Å². The number of aryl methyl sites for hydroxylation is 2. The van der Waals surface area contributed by atoms with E-state index in [4.69, 9.17) is 5.11 Å². The highest BCUT2D eigenvalue weighted by molar-refractivity contribution is 6.03. The van der Waals surface area contributed by atoms with Crippen molar-refractivity contribution in [3.63, 3.8) is 0 Å². The third-order valence-corrected chi connectivity index (χ3v) is 2.77. The first kappa shape index (κ1) is 13.3. The molecule has 0 aliphatic rings. The van der Waals surface area contributed by atoms with E-state index < -0.39 is 17.8 Å². The van der Waals surface area contributed by atoms with Gasteiger partial charge in [0.1, 0.15) is 5.69 Å². The highest BCUT2D eigenvalue weighted by atomic mass is 19.4. The third-order valence-electron chi connectivity index (χ3n) is 2.77. The molecule has 3 nitrogen and oxygen atoms in total. The lowest BCUT2D eigenvalue weighted by Crippen LogP contribution is -2.11. The fourth-order valence-corrected chi connectivity index (χ4v) is 2.00. The van der Waals surface area contributed by atoms with Gasteiger partial charge in [-0.25, -0.2) is 9.78 Å². The van der Waals surface area contributed by atoms with E-state index in [9.17, 15) is 18.0 Å². The Bertz CT molecular complexity index is 678. The van der Waals surface area contributed by atoms with E-state index in [1.54, 1.807) is 19.9 Å². The van der Waals surface area contributed by atoms with Crippen LogP contribution in [0.15, 0.2) is 18.2 Å². The Morgan fingerprint density at radius 1 is 1.21 bits per heavy atom. The summed E-state index contributed by atoms with van der Waals surface area (Å²) in [7, 11) is 0. The Morgan fingerprint density at radius 2 is 1.84 bits per heavy atom. The normalized spacial score (nSPS) is 11.8. The molecule has 0 amide bonds. The monoisotopic (exact) mass is 269 g/mol. The maximum Gasteiger partial charge on any atom is 0.433 e. The number of rotatable bonds is 1. The molecule has 1 aromatic heterocycles. The molecule has 0 spiro atoms. The number of pyridine rings is 1. The fourth-order valence-electron chi connectivity index (χ4n) is 2.00. The minimum Gasteiger partial charge on any atom is -0.478 e. The van der Waals surface area contributed by atoms with E-state index in [-0.39, 0.29) is 16.5 Å². The molecule has 1 aromatic carbocycles. The number of hydrogen-bond acceptors (Lipinski definition) is 2. The summed E-state index contributed by atoms with van der Waals surface area (Å²) in [5.41, 5.74) is -0.219. The van der Waals surface area contributed by atoms with E-state index in [2.05, 4.69) is 4.98 Å². The van der Waals surface area contributed by atoms with Gasteiger partial charge < -0.3 is 5.11 Å². The van der Waals surface area contributed by atoms with Crippen LogP contribution in [-0.4, -0.2) is 16.1 Å². The van der Waals surface area contributed by atoms with Gasteiger partial charge in [0.2, 0.25) is 0 Å². The number of alkyl halides is 3. The van der Waals surface area contributed by atoms with Crippen LogP contribution in [0.4, 0.5) is 13.2 Å². The second-order valence-electron chi connectivity index (χ2n) is 4.34. The Hall–Kier alpha value is -2.11. The molecule has 19 heavy (non-hydrogen) atoms. The number of benzene rings is 1. The SMILES string of the molecule is Cc1cc(C)c2nc(C(F)(F)F)cc(C(=O)O)c2c1. The summed E-state index contributed by atoms with van der Waals surface area (Å²) in [6.45, 7) is 3.35. The molecule has 0 aliphatic carbocycles. The minimum absolute atomic E-state index is 0.0674. The number of carboxylic acid groups (broad SMARTS) is 1. The molecule has 0 radical (unpaired) electrons. The van der Waals surface area contributed by atoms with E-state index in [0.717, 1.165) is 5.56 Å². The fraction of sp³-hybridized carbons (Fsp3) is 0.231. The average molecular weight is 269 g/mol. The van der Waals surface area contributed by atoms with Crippen LogP contribution in [0.1, 0.15) is 27.2 Å². The lowest BCUT2D eigenvalue weighted by atomic mass is 10.0. The van der Waals surface area contributed by atoms with E-state index in [1.807, 2.05) is 0 Å². The van der Waals surface area contributed by atoms with Gasteiger partial charge in [-0.2, -0.15) is 13.2 Å². The van der Waals surface area contributed by atoms with Gasteiger partial charge in [0.05, 0.1) is 11.1 Å². The van der Waals surface area contributed by atoms with Crippen molar-refractivity contribution in [3.8, 4) is 0 Å². The maximum absolute atomic E-state index is 12.7. The Labute approximate surface area is 106 Å². The second-order valence-corrected chi connectivity index (χ2v) is 4.34. The van der Waals surface area contributed by atoms with Crippen LogP contribution in [0, 0.1) is 13.8 Å². The molecular weight excluding hydrogens is 259 g/mol. The van der Waals surface area contributed by atoms with Gasteiger partial charge in [-0.15, -0.1) is 0 Å². The molecular formula is C13H10F3NO2. The highest BCUT2D eigenvalue weighted by Crippen LogP contribution is 2.32. The largest absolute Gasteiger partial charge is 0.478 e. The summed E-state index contributed by atoms with van der Waals surface area (Å²) < 4.78 is 38.1. The van der Waals surface area contributed by atoms with Gasteiger partial charge >= 0.3 is 12.1 Å². The van der Waals surface area contributed by atoms with Crippen LogP contribution in [-0.2, 0) is 6.18 Å². The smallest absolute Gasteiger partial charge is 0.433 e. The lowest BCUT2D eigenvalue weighted by Gasteiger charge is -2.11. The predicted octanol–water partition coefficient (Wildman–Crippen LogP) is 3.57. The Balaban J connectivity index is 2.92. The number of aromatic nitrogens is 1. The minimum atomic E-state index is -4.67. The maximum atomic E-state index is 12.7. The summed E-state index contributed by atoms with van der Waals surface area (Å²) in [5, 5.41) is 9.28. The number of hydrogen-bond donors (Lipinski definition) is 1. The van der Waals surface area contributed by atoms with Crippen LogP contribution in [0.5, 0.6) is 0 Å². The molecule has 100 valence electrons. The van der Waals surface area contributed by atoms with Gasteiger partial charge in [0.15, 0.2) is 0 Å². The Kier molecular flexibility index (Phi) is 2.96. The van der Waals surface area contributed by atoms with Crippen LogP contribution < -0.4 is 0 Å². The molecule has 6 heteroatoms. The average Bonchev–Trinajstić information content (AvgIpc) is 2.25. The van der Waals surface area contributed by atoms with Crippen LogP contribution in [0.25, 0.3) is 10.9 Å². The van der Waals surface area contributed by atoms with Crippen molar-refractivity contribution in [1.29, 1.82) is 0 Å². The zero-order valence-corrected chi connectivity index (χ0v) is 10.2. The third kappa shape index (κ3) is 2.38. The predicted molar refractivity (Wildman–Crippen MR) is 63.2 cm³/mol. The standard InChI is InChI=1S/C13H10F3NO2/c1-6-3-7(2)11-8(4-6)9(12(18)19)5-10(17-11)13(14,15)16/h3-5H,1-2H3,(H,18,19). The zero-order chi connectivity index (χ0) is 14.4. The van der Waals surface area contributed by atoms with Crippen molar-refractivity contribution in [2.24, 2.45) is 0 Å². The molecule has 2 rings (SSSR count). The molecule has 0 atom stereocenters.